The number of carbonyl (C=O) groups excluding carboxylic acids is 1. The third-order valence-corrected chi connectivity index (χ3v) is 3.76. The fraction of sp³-hybridized carbons (Fsp3) is 0.474. The van der Waals surface area contributed by atoms with Crippen LogP contribution in [0, 0.1) is 12.8 Å². The fourth-order valence-electron chi connectivity index (χ4n) is 2.46. The Balaban J connectivity index is 1.71. The zero-order chi connectivity index (χ0) is 18.2. The zero-order valence-electron chi connectivity index (χ0n) is 15.1. The van der Waals surface area contributed by atoms with E-state index in [9.17, 15) is 9.90 Å². The van der Waals surface area contributed by atoms with Crippen molar-refractivity contribution in [3.8, 4) is 11.5 Å². The van der Waals surface area contributed by atoms with Gasteiger partial charge in [0, 0.05) is 25.1 Å². The lowest BCUT2D eigenvalue weighted by atomic mass is 10.1. The van der Waals surface area contributed by atoms with E-state index in [1.54, 1.807) is 6.26 Å². The van der Waals surface area contributed by atoms with Gasteiger partial charge in [-0.05, 0) is 31.4 Å². The first-order valence-corrected chi connectivity index (χ1v) is 8.65. The minimum atomic E-state index is -0.515. The predicted octanol–water partition coefficient (Wildman–Crippen LogP) is 2.90. The highest BCUT2D eigenvalue weighted by Crippen LogP contribution is 2.19. The number of carbonyl (C=O) groups is 1. The van der Waals surface area contributed by atoms with Crippen molar-refractivity contribution in [2.75, 3.05) is 13.1 Å². The second-order valence-electron chi connectivity index (χ2n) is 6.68. The first kappa shape index (κ1) is 19.0. The summed E-state index contributed by atoms with van der Waals surface area (Å²) in [6.45, 7) is 6.80. The molecule has 0 fully saturated rings. The average molecular weight is 345 g/mol. The first-order chi connectivity index (χ1) is 11.9. The van der Waals surface area contributed by atoms with Crippen molar-refractivity contribution in [3.63, 3.8) is 0 Å². The molecule has 1 aromatic carbocycles. The molecule has 0 bridgehead atoms. The second-order valence-corrected chi connectivity index (χ2v) is 6.68. The molecule has 0 aliphatic heterocycles. The standard InChI is InChI=1S/C19H27N3O3/c1-13(2)10-17(23)11-21-19(24)20-9-8-16-12-25-18(22-16)15-6-4-14(3)5-7-15/h4-7,12-13,17,23H,8-11H2,1-3H3,(H2,20,21,24). The number of aromatic nitrogens is 1. The molecule has 0 saturated carbocycles. The van der Waals surface area contributed by atoms with Crippen LogP contribution >= 0.6 is 0 Å². The van der Waals surface area contributed by atoms with Crippen LogP contribution in [0.3, 0.4) is 0 Å². The summed E-state index contributed by atoms with van der Waals surface area (Å²) < 4.78 is 5.49. The minimum Gasteiger partial charge on any atom is -0.444 e. The SMILES string of the molecule is Cc1ccc(-c2nc(CCNC(=O)NCC(O)CC(C)C)co2)cc1. The third kappa shape index (κ3) is 6.58. The van der Waals surface area contributed by atoms with Gasteiger partial charge in [0.05, 0.1) is 11.8 Å². The van der Waals surface area contributed by atoms with Gasteiger partial charge in [0.2, 0.25) is 5.89 Å². The summed E-state index contributed by atoms with van der Waals surface area (Å²) in [7, 11) is 0. The van der Waals surface area contributed by atoms with E-state index in [0.717, 1.165) is 11.3 Å². The number of benzene rings is 1. The summed E-state index contributed by atoms with van der Waals surface area (Å²) in [6, 6.07) is 7.68. The Labute approximate surface area is 148 Å². The molecule has 25 heavy (non-hydrogen) atoms. The topological polar surface area (TPSA) is 87.4 Å². The van der Waals surface area contributed by atoms with Crippen molar-refractivity contribution in [2.24, 2.45) is 5.92 Å². The molecule has 2 aromatic rings. The van der Waals surface area contributed by atoms with Gasteiger partial charge in [-0.15, -0.1) is 0 Å². The molecule has 3 N–H and O–H groups in total. The number of amides is 2. The maximum Gasteiger partial charge on any atom is 0.314 e. The lowest BCUT2D eigenvalue weighted by Gasteiger charge is -2.14. The molecular weight excluding hydrogens is 318 g/mol. The molecule has 1 heterocycles. The Morgan fingerprint density at radius 3 is 2.64 bits per heavy atom. The Kier molecular flexibility index (Phi) is 7.01. The van der Waals surface area contributed by atoms with Gasteiger partial charge in [-0.25, -0.2) is 9.78 Å². The molecule has 0 radical (unpaired) electrons. The maximum absolute atomic E-state index is 11.7. The van der Waals surface area contributed by atoms with E-state index < -0.39 is 6.10 Å². The monoisotopic (exact) mass is 345 g/mol. The molecule has 0 saturated heterocycles. The Hall–Kier alpha value is -2.34. The summed E-state index contributed by atoms with van der Waals surface area (Å²) in [5.74, 6) is 0.978. The Morgan fingerprint density at radius 1 is 1.24 bits per heavy atom. The molecule has 1 unspecified atom stereocenters. The van der Waals surface area contributed by atoms with E-state index in [1.807, 2.05) is 45.0 Å². The average Bonchev–Trinajstić information content (AvgIpc) is 3.02. The zero-order valence-corrected chi connectivity index (χ0v) is 15.1. The van der Waals surface area contributed by atoms with E-state index in [1.165, 1.54) is 5.56 Å². The molecule has 0 spiro atoms. The van der Waals surface area contributed by atoms with Crippen LogP contribution < -0.4 is 10.6 Å². The second kappa shape index (κ2) is 9.22. The van der Waals surface area contributed by atoms with Gasteiger partial charge < -0.3 is 20.2 Å². The third-order valence-electron chi connectivity index (χ3n) is 3.76. The van der Waals surface area contributed by atoms with Crippen LogP contribution in [0.15, 0.2) is 34.9 Å². The number of aliphatic hydroxyl groups is 1. The van der Waals surface area contributed by atoms with E-state index >= 15 is 0 Å². The molecule has 0 aliphatic carbocycles. The molecule has 1 atom stereocenters. The summed E-state index contributed by atoms with van der Waals surface area (Å²) in [5, 5.41) is 15.2. The number of rotatable bonds is 8. The lowest BCUT2D eigenvalue weighted by molar-refractivity contribution is 0.147. The van der Waals surface area contributed by atoms with Crippen LogP contribution in [0.5, 0.6) is 0 Å². The number of aryl methyl sites for hydroxylation is 1. The predicted molar refractivity (Wildman–Crippen MR) is 97.2 cm³/mol. The highest BCUT2D eigenvalue weighted by molar-refractivity contribution is 5.73. The van der Waals surface area contributed by atoms with Crippen molar-refractivity contribution in [2.45, 2.75) is 39.7 Å². The molecule has 6 heteroatoms. The van der Waals surface area contributed by atoms with Crippen LogP contribution in [0.2, 0.25) is 0 Å². The lowest BCUT2D eigenvalue weighted by Crippen LogP contribution is -2.40. The van der Waals surface area contributed by atoms with Crippen molar-refractivity contribution in [1.82, 2.24) is 15.6 Å². The summed E-state index contributed by atoms with van der Waals surface area (Å²) >= 11 is 0. The number of nitrogens with zero attached hydrogens (tertiary/aromatic N) is 1. The molecule has 0 aliphatic rings. The molecule has 1 aromatic heterocycles. The van der Waals surface area contributed by atoms with Crippen LogP contribution in [0.4, 0.5) is 4.79 Å². The van der Waals surface area contributed by atoms with Crippen molar-refractivity contribution in [3.05, 3.63) is 41.8 Å². The largest absolute Gasteiger partial charge is 0.444 e. The molecule has 2 rings (SSSR count). The van der Waals surface area contributed by atoms with Crippen LogP contribution in [-0.4, -0.2) is 35.3 Å². The number of aliphatic hydroxyl groups excluding tert-OH is 1. The highest BCUT2D eigenvalue weighted by atomic mass is 16.3. The number of urea groups is 1. The van der Waals surface area contributed by atoms with Crippen LogP contribution in [-0.2, 0) is 6.42 Å². The number of nitrogens with one attached hydrogen (secondary N) is 2. The van der Waals surface area contributed by atoms with Gasteiger partial charge in [0.25, 0.3) is 0 Å². The Bertz CT molecular complexity index is 665. The maximum atomic E-state index is 11.7. The summed E-state index contributed by atoms with van der Waals surface area (Å²) in [4.78, 5) is 16.1. The fourth-order valence-corrected chi connectivity index (χ4v) is 2.46. The highest BCUT2D eigenvalue weighted by Gasteiger charge is 2.10. The molecule has 6 nitrogen and oxygen atoms in total. The van der Waals surface area contributed by atoms with E-state index in [0.29, 0.717) is 31.2 Å². The van der Waals surface area contributed by atoms with Gasteiger partial charge in [-0.3, -0.25) is 0 Å². The first-order valence-electron chi connectivity index (χ1n) is 8.65. The van der Waals surface area contributed by atoms with Crippen LogP contribution in [0.1, 0.15) is 31.5 Å². The van der Waals surface area contributed by atoms with Gasteiger partial charge in [-0.2, -0.15) is 0 Å². The van der Waals surface area contributed by atoms with Gasteiger partial charge in [0.15, 0.2) is 0 Å². The molecule has 2 amide bonds. The van der Waals surface area contributed by atoms with Crippen molar-refractivity contribution in [1.29, 1.82) is 0 Å². The van der Waals surface area contributed by atoms with Gasteiger partial charge in [-0.1, -0.05) is 31.5 Å². The smallest absolute Gasteiger partial charge is 0.314 e. The van der Waals surface area contributed by atoms with Gasteiger partial charge >= 0.3 is 6.03 Å². The van der Waals surface area contributed by atoms with E-state index in [4.69, 9.17) is 4.42 Å². The van der Waals surface area contributed by atoms with E-state index in [-0.39, 0.29) is 12.6 Å². The minimum absolute atomic E-state index is 0.256. The molecular formula is C19H27N3O3. The quantitative estimate of drug-likeness (QED) is 0.686. The van der Waals surface area contributed by atoms with Gasteiger partial charge in [0.1, 0.15) is 6.26 Å². The summed E-state index contributed by atoms with van der Waals surface area (Å²) in [6.07, 6.45) is 2.35. The van der Waals surface area contributed by atoms with Crippen LogP contribution in [0.25, 0.3) is 11.5 Å². The van der Waals surface area contributed by atoms with Crippen molar-refractivity contribution < 1.29 is 14.3 Å². The number of hydrogen-bond acceptors (Lipinski definition) is 4. The van der Waals surface area contributed by atoms with E-state index in [2.05, 4.69) is 15.6 Å². The van der Waals surface area contributed by atoms with Crippen molar-refractivity contribution >= 4 is 6.03 Å². The summed E-state index contributed by atoms with van der Waals surface area (Å²) in [5.41, 5.74) is 2.90. The molecule has 136 valence electrons. The Morgan fingerprint density at radius 2 is 1.96 bits per heavy atom. The number of oxazole rings is 1. The normalized spacial score (nSPS) is 12.2. The number of hydrogen-bond donors (Lipinski definition) is 3.